The van der Waals surface area contributed by atoms with Crippen molar-refractivity contribution in [1.82, 2.24) is 47.0 Å². The van der Waals surface area contributed by atoms with E-state index in [1.165, 1.54) is 29.2 Å². The highest BCUT2D eigenvalue weighted by atomic mass is 33.1. The first-order chi connectivity index (χ1) is 46.6. The number of hydrogen-bond acceptors (Lipinski definition) is 20. The molecular weight excluding hydrogens is 1310 g/mol. The highest BCUT2D eigenvalue weighted by molar-refractivity contribution is 8.76. The summed E-state index contributed by atoms with van der Waals surface area (Å²) in [6.45, 7) is 9.70. The molecule has 540 valence electrons. The molecule has 1 unspecified atom stereocenters. The molecular formula is C65H98N16O15S2. The first kappa shape index (κ1) is 81.7. The van der Waals surface area contributed by atoms with Gasteiger partial charge in [-0.3, -0.25) is 62.6 Å². The van der Waals surface area contributed by atoms with Crippen LogP contribution in [-0.4, -0.2) is 203 Å². The summed E-state index contributed by atoms with van der Waals surface area (Å²) in [6.07, 6.45) is 4.11. The molecule has 0 spiro atoms. The number of carbonyl (C=O) groups is 12. The van der Waals surface area contributed by atoms with Crippen molar-refractivity contribution < 1.29 is 72.5 Å². The smallest absolute Gasteiger partial charge is 0.344 e. The van der Waals surface area contributed by atoms with Crippen molar-refractivity contribution in [3.63, 3.8) is 0 Å². The summed E-state index contributed by atoms with van der Waals surface area (Å²) in [5, 5.41) is 38.9. The van der Waals surface area contributed by atoms with Crippen LogP contribution >= 0.6 is 21.6 Å². The van der Waals surface area contributed by atoms with E-state index in [0.29, 0.717) is 30.5 Å². The van der Waals surface area contributed by atoms with E-state index in [1.54, 1.807) is 13.8 Å². The van der Waals surface area contributed by atoms with Crippen molar-refractivity contribution in [3.05, 3.63) is 65.7 Å². The molecule has 0 bridgehead atoms. The van der Waals surface area contributed by atoms with Crippen LogP contribution in [0.1, 0.15) is 122 Å². The van der Waals surface area contributed by atoms with Crippen LogP contribution in [0.15, 0.2) is 59.6 Å². The number of primary amides is 3. The van der Waals surface area contributed by atoms with Crippen LogP contribution in [0.3, 0.4) is 0 Å². The van der Waals surface area contributed by atoms with E-state index in [-0.39, 0.29) is 74.5 Å². The van der Waals surface area contributed by atoms with Gasteiger partial charge in [0.05, 0.1) is 25.6 Å². The van der Waals surface area contributed by atoms with Gasteiger partial charge in [0.25, 0.3) is 0 Å². The van der Waals surface area contributed by atoms with Gasteiger partial charge in [0.15, 0.2) is 18.2 Å². The fourth-order valence-electron chi connectivity index (χ4n) is 11.0. The monoisotopic (exact) mass is 1410 g/mol. The van der Waals surface area contributed by atoms with E-state index >= 15 is 0 Å². The van der Waals surface area contributed by atoms with Crippen LogP contribution in [0, 0.1) is 23.7 Å². The fraction of sp³-hybridized carbons (Fsp3) is 0.585. The zero-order valence-corrected chi connectivity index (χ0v) is 57.7. The molecule has 0 aromatic heterocycles. The fourth-order valence-corrected chi connectivity index (χ4v) is 13.3. The van der Waals surface area contributed by atoms with Crippen molar-refractivity contribution in [2.45, 2.75) is 172 Å². The van der Waals surface area contributed by atoms with Gasteiger partial charge < -0.3 is 91.5 Å². The number of likely N-dealkylation sites (tertiary alicyclic amines) is 1. The summed E-state index contributed by atoms with van der Waals surface area (Å²) >= 11 is 0. The lowest BCUT2D eigenvalue weighted by atomic mass is 9.73. The number of rotatable bonds is 26. The normalized spacial score (nSPS) is 21.9. The van der Waals surface area contributed by atoms with Gasteiger partial charge in [-0.2, -0.15) is 0 Å². The summed E-state index contributed by atoms with van der Waals surface area (Å²) in [5.41, 5.74) is 32.8. The van der Waals surface area contributed by atoms with Crippen molar-refractivity contribution in [2.24, 2.45) is 51.2 Å². The molecule has 2 aromatic carbocycles. The molecule has 0 radical (unpaired) electrons. The Morgan fingerprint density at radius 1 is 0.755 bits per heavy atom. The van der Waals surface area contributed by atoms with Gasteiger partial charge in [-0.05, 0) is 87.2 Å². The number of aliphatic imine (C=N–C) groups is 1. The number of esters is 1. The average molecular weight is 1410 g/mol. The maximum atomic E-state index is 14.5. The van der Waals surface area contributed by atoms with Gasteiger partial charge in [-0.25, -0.2) is 4.79 Å². The number of amides is 11. The molecule has 3 aliphatic rings. The Bertz CT molecular complexity index is 3130. The second-order valence-corrected chi connectivity index (χ2v) is 26.6. The lowest BCUT2D eigenvalue weighted by Crippen LogP contribution is -2.61. The van der Waals surface area contributed by atoms with Gasteiger partial charge in [-0.15, -0.1) is 0 Å². The number of aliphatic hydroxyl groups is 1. The second-order valence-electron chi connectivity index (χ2n) is 24.1. The number of nitrogens with two attached hydrogens (primary N) is 6. The highest BCUT2D eigenvalue weighted by Gasteiger charge is 2.47. The summed E-state index contributed by atoms with van der Waals surface area (Å²) in [6, 6.07) is 3.79. The topological polar surface area (TPSA) is 514 Å². The maximum Gasteiger partial charge on any atom is 0.344 e. The number of aromatic hydroxyl groups is 1. The number of carbonyl (C=O) groups excluding carboxylic acids is 12. The van der Waals surface area contributed by atoms with Gasteiger partial charge in [0, 0.05) is 43.4 Å². The van der Waals surface area contributed by atoms with E-state index in [1.807, 2.05) is 30.3 Å². The molecule has 3 fully saturated rings. The molecule has 1 saturated carbocycles. The van der Waals surface area contributed by atoms with Gasteiger partial charge >= 0.3 is 5.97 Å². The quantitative estimate of drug-likeness (QED) is 0.0118. The molecule has 10 atom stereocenters. The average Bonchev–Trinajstić information content (AvgIpc) is 0.838. The lowest BCUT2D eigenvalue weighted by molar-refractivity contribution is -0.174. The molecule has 2 heterocycles. The first-order valence-electron chi connectivity index (χ1n) is 32.8. The molecule has 2 aromatic rings. The predicted octanol–water partition coefficient (Wildman–Crippen LogP) is -2.26. The number of nitrogens with zero attached hydrogens (tertiary/aromatic N) is 3. The Kier molecular flexibility index (Phi) is 35.2. The Hall–Kier alpha value is -8.71. The van der Waals surface area contributed by atoms with E-state index in [4.69, 9.17) is 39.1 Å². The Morgan fingerprint density at radius 2 is 1.39 bits per heavy atom. The van der Waals surface area contributed by atoms with Crippen LogP contribution in [0.5, 0.6) is 5.75 Å². The minimum absolute atomic E-state index is 0.00520. The number of guanidine groups is 1. The van der Waals surface area contributed by atoms with Crippen LogP contribution in [0.25, 0.3) is 0 Å². The number of hydrogen-bond donors (Lipinski definition) is 15. The maximum absolute atomic E-state index is 14.5. The van der Waals surface area contributed by atoms with Crippen molar-refractivity contribution >= 4 is 98.5 Å². The van der Waals surface area contributed by atoms with Gasteiger partial charge in [0.1, 0.15) is 48.0 Å². The van der Waals surface area contributed by atoms with Crippen LogP contribution in [-0.2, 0) is 74.3 Å². The minimum Gasteiger partial charge on any atom is -0.508 e. The number of nitrogens with one attached hydrogen (secondary N) is 7. The Labute approximate surface area is 578 Å². The second kappa shape index (κ2) is 42.2. The third-order valence-corrected chi connectivity index (χ3v) is 19.3. The minimum atomic E-state index is -1.78. The predicted molar refractivity (Wildman–Crippen MR) is 368 cm³/mol. The van der Waals surface area contributed by atoms with E-state index in [0.717, 1.165) is 66.8 Å². The summed E-state index contributed by atoms with van der Waals surface area (Å²) in [4.78, 5) is 167. The SMILES string of the molecule is CCN(CC)CC#CCOC(=O)C(O)(c1ccccc1)C1CCCCC1.CC[C@H](C)[C@H]1NC(=O)[C@@H](Cc2ccc(O)cc2)NC(=O)[C@@H](N)CSSC[C@@H](C(=O)N2CCC[C@@H]2C(=O)N[C@H](CCCN=C(N)N)C(=O)NCC(N)=O)NC(=O)[C@H](CC(N)=O)NC(=O)[C@@H](CCC(N)=O)NC1=O. The number of phenols is 1. The number of benzene rings is 2. The van der Waals surface area contributed by atoms with Gasteiger partial charge in [0.2, 0.25) is 65.0 Å². The number of phenolic OH excluding ortho intramolecular Hbond substituents is 1. The van der Waals surface area contributed by atoms with Crippen LogP contribution in [0.4, 0.5) is 0 Å². The van der Waals surface area contributed by atoms with Crippen molar-refractivity contribution in [2.75, 3.05) is 57.4 Å². The molecule has 2 aliphatic heterocycles. The summed E-state index contributed by atoms with van der Waals surface area (Å²) in [5.74, 6) is -5.67. The largest absolute Gasteiger partial charge is 0.508 e. The Morgan fingerprint density at radius 3 is 2.01 bits per heavy atom. The summed E-state index contributed by atoms with van der Waals surface area (Å²) in [7, 11) is 2.00. The van der Waals surface area contributed by atoms with E-state index < -0.39 is 157 Å². The molecule has 21 N–H and O–H groups in total. The molecule has 11 amide bonds. The Balaban J connectivity index is 0.000000651. The van der Waals surface area contributed by atoms with Crippen LogP contribution < -0.4 is 71.6 Å². The number of ether oxygens (including phenoxy) is 1. The van der Waals surface area contributed by atoms with E-state index in [9.17, 15) is 67.7 Å². The molecule has 31 nitrogen and oxygen atoms in total. The molecule has 98 heavy (non-hydrogen) atoms. The van der Waals surface area contributed by atoms with Crippen molar-refractivity contribution in [3.8, 4) is 17.6 Å². The first-order valence-corrected chi connectivity index (χ1v) is 35.3. The zero-order chi connectivity index (χ0) is 72.5. The van der Waals surface area contributed by atoms with Crippen molar-refractivity contribution in [1.29, 1.82) is 0 Å². The molecule has 33 heteroatoms. The lowest BCUT2D eigenvalue weighted by Gasteiger charge is -2.36. The molecule has 1 aliphatic carbocycles. The van der Waals surface area contributed by atoms with Gasteiger partial charge in [-0.1, -0.05) is 129 Å². The van der Waals surface area contributed by atoms with E-state index in [2.05, 4.69) is 72.8 Å². The van der Waals surface area contributed by atoms with Crippen LogP contribution in [0.2, 0.25) is 0 Å². The standard InChI is InChI=1S/C43H67N15O12S2.C22H31NO3/c1-3-21(2)34-41(69)53-26(12-13-31(45)60)37(65)55-28(17-32(46)61)38(66)56-29(20-72-71-19-24(44)35(63)54-27(39(67)57-34)16-22-8-10-23(59)11-9-22)42(70)58-15-5-7-30(58)40(68)52-25(6-4-14-50-43(48)49)36(64)51-18-33(47)62;1-3-23(4-2)17-11-12-18-26-21(24)22(25,19-13-7-5-8-14-19)20-15-9-6-10-16-20/h8-11,21,24-30,34,59H,3-7,12-20,44H2,1-2H3,(H2,45,60)(H2,46,61)(H2,47,62)(H,51,64)(H,52,68)(H,53,69)(H,54,63)(H,55,65)(H,56,66)(H,57,67)(H4,48,49,50);5,7-8,13-14,20,25H,3-4,6,9-10,15-18H2,1-2H3/t21-,24-,25+,26+,27+,28-,29-,30+,34+;/m0./s1. The third-order valence-electron chi connectivity index (χ3n) is 16.8. The highest BCUT2D eigenvalue weighted by Crippen LogP contribution is 2.40. The summed E-state index contributed by atoms with van der Waals surface area (Å²) < 4.78 is 5.38. The third kappa shape index (κ3) is 27.0. The molecule has 2 saturated heterocycles. The molecule has 5 rings (SSSR count). The zero-order valence-electron chi connectivity index (χ0n) is 56.1.